The molecule has 0 radical (unpaired) electrons. The highest BCUT2D eigenvalue weighted by atomic mass is 35.5. The lowest BCUT2D eigenvalue weighted by atomic mass is 10.2. The fourth-order valence-electron chi connectivity index (χ4n) is 3.42. The SMILES string of the molecule is CCOC(=O)c1cc(S(=O)(=O)N2CCC[C@@H]2C(=O)NCc2ccc(Cl)cc2)cn1C. The molecule has 162 valence electrons. The van der Waals surface area contributed by atoms with Crippen LogP contribution in [0.1, 0.15) is 35.8 Å². The van der Waals surface area contributed by atoms with Gasteiger partial charge in [-0.3, -0.25) is 4.79 Å². The number of rotatable bonds is 7. The van der Waals surface area contributed by atoms with Gasteiger partial charge in [-0.2, -0.15) is 4.31 Å². The summed E-state index contributed by atoms with van der Waals surface area (Å²) in [6, 6.07) is 7.54. The second-order valence-electron chi connectivity index (χ2n) is 7.01. The summed E-state index contributed by atoms with van der Waals surface area (Å²) in [4.78, 5) is 24.7. The molecule has 8 nitrogen and oxygen atoms in total. The summed E-state index contributed by atoms with van der Waals surface area (Å²) in [6.07, 6.45) is 2.38. The zero-order chi connectivity index (χ0) is 21.9. The minimum atomic E-state index is -3.95. The first-order valence-electron chi connectivity index (χ1n) is 9.61. The number of hydrogen-bond acceptors (Lipinski definition) is 5. The largest absolute Gasteiger partial charge is 0.461 e. The third-order valence-electron chi connectivity index (χ3n) is 4.96. The average molecular weight is 454 g/mol. The number of carbonyl (C=O) groups is 2. The summed E-state index contributed by atoms with van der Waals surface area (Å²) in [5, 5.41) is 3.40. The summed E-state index contributed by atoms with van der Waals surface area (Å²) in [5.74, 6) is -0.951. The van der Waals surface area contributed by atoms with Crippen LogP contribution in [-0.4, -0.2) is 48.4 Å². The van der Waals surface area contributed by atoms with Crippen LogP contribution < -0.4 is 5.32 Å². The standard InChI is InChI=1S/C20H24ClN3O5S/c1-3-29-20(26)18-11-16(13-23(18)2)30(27,28)24-10-4-5-17(24)19(25)22-12-14-6-8-15(21)9-7-14/h6-9,11,13,17H,3-5,10,12H2,1-2H3,(H,22,25)/t17-/m1/s1. The van der Waals surface area contributed by atoms with Crippen molar-refractivity contribution in [1.29, 1.82) is 0 Å². The Hall–Kier alpha value is -2.36. The predicted octanol–water partition coefficient (Wildman–Crippen LogP) is 2.32. The van der Waals surface area contributed by atoms with Gasteiger partial charge in [0, 0.05) is 31.4 Å². The number of benzene rings is 1. The Balaban J connectivity index is 1.75. The van der Waals surface area contributed by atoms with E-state index in [-0.39, 0.29) is 36.2 Å². The lowest BCUT2D eigenvalue weighted by molar-refractivity contribution is -0.124. The molecule has 1 aromatic carbocycles. The number of nitrogens with one attached hydrogen (secondary N) is 1. The fraction of sp³-hybridized carbons (Fsp3) is 0.400. The number of sulfonamides is 1. The molecule has 1 atom stereocenters. The van der Waals surface area contributed by atoms with E-state index < -0.39 is 22.0 Å². The van der Waals surface area contributed by atoms with Crippen LogP contribution in [0.5, 0.6) is 0 Å². The Morgan fingerprint density at radius 2 is 1.97 bits per heavy atom. The van der Waals surface area contributed by atoms with Gasteiger partial charge < -0.3 is 14.6 Å². The Bertz CT molecular complexity index is 1030. The number of aromatic nitrogens is 1. The summed E-state index contributed by atoms with van der Waals surface area (Å²) in [6.45, 7) is 2.38. The second-order valence-corrected chi connectivity index (χ2v) is 9.34. The lowest BCUT2D eigenvalue weighted by Gasteiger charge is -2.23. The van der Waals surface area contributed by atoms with Crippen LogP contribution >= 0.6 is 11.6 Å². The zero-order valence-electron chi connectivity index (χ0n) is 16.8. The summed E-state index contributed by atoms with van der Waals surface area (Å²) in [5.41, 5.74) is 1.00. The normalized spacial score (nSPS) is 17.1. The number of amides is 1. The molecule has 2 heterocycles. The van der Waals surface area contributed by atoms with Gasteiger partial charge in [0.15, 0.2) is 0 Å². The average Bonchev–Trinajstić information content (AvgIpc) is 3.35. The maximum absolute atomic E-state index is 13.2. The molecule has 1 amide bonds. The van der Waals surface area contributed by atoms with Crippen molar-refractivity contribution in [2.24, 2.45) is 7.05 Å². The molecular formula is C20H24ClN3O5S. The van der Waals surface area contributed by atoms with E-state index >= 15 is 0 Å². The van der Waals surface area contributed by atoms with Crippen LogP contribution in [0, 0.1) is 0 Å². The Kier molecular flexibility index (Phi) is 6.84. The van der Waals surface area contributed by atoms with Crippen LogP contribution in [0.2, 0.25) is 5.02 Å². The number of esters is 1. The molecule has 0 unspecified atom stereocenters. The van der Waals surface area contributed by atoms with E-state index in [2.05, 4.69) is 5.32 Å². The minimum absolute atomic E-state index is 0.0366. The van der Waals surface area contributed by atoms with E-state index in [0.29, 0.717) is 17.9 Å². The van der Waals surface area contributed by atoms with Crippen molar-refractivity contribution in [2.45, 2.75) is 37.2 Å². The van der Waals surface area contributed by atoms with Gasteiger partial charge in [-0.05, 0) is 43.5 Å². The lowest BCUT2D eigenvalue weighted by Crippen LogP contribution is -2.45. The molecule has 30 heavy (non-hydrogen) atoms. The van der Waals surface area contributed by atoms with Gasteiger partial charge in [-0.25, -0.2) is 13.2 Å². The Morgan fingerprint density at radius 3 is 2.63 bits per heavy atom. The van der Waals surface area contributed by atoms with Gasteiger partial charge in [-0.1, -0.05) is 23.7 Å². The number of halogens is 1. The quantitative estimate of drug-likeness (QED) is 0.649. The third kappa shape index (κ3) is 4.69. The molecule has 0 saturated carbocycles. The predicted molar refractivity (Wildman–Crippen MR) is 112 cm³/mol. The molecule has 3 rings (SSSR count). The van der Waals surface area contributed by atoms with Gasteiger partial charge in [0.05, 0.1) is 6.61 Å². The maximum Gasteiger partial charge on any atom is 0.354 e. The van der Waals surface area contributed by atoms with E-state index in [0.717, 1.165) is 5.56 Å². The van der Waals surface area contributed by atoms with E-state index in [9.17, 15) is 18.0 Å². The van der Waals surface area contributed by atoms with Gasteiger partial charge >= 0.3 is 5.97 Å². The number of nitrogens with zero attached hydrogens (tertiary/aromatic N) is 2. The van der Waals surface area contributed by atoms with Gasteiger partial charge in [-0.15, -0.1) is 0 Å². The van der Waals surface area contributed by atoms with Gasteiger partial charge in [0.1, 0.15) is 16.6 Å². The maximum atomic E-state index is 13.2. The van der Waals surface area contributed by atoms with Crippen LogP contribution in [0.4, 0.5) is 0 Å². The van der Waals surface area contributed by atoms with Crippen molar-refractivity contribution in [3.8, 4) is 0 Å². The number of hydrogen-bond donors (Lipinski definition) is 1. The van der Waals surface area contributed by atoms with E-state index in [1.807, 2.05) is 0 Å². The van der Waals surface area contributed by atoms with E-state index in [1.165, 1.54) is 21.1 Å². The molecule has 0 spiro atoms. The highest BCUT2D eigenvalue weighted by molar-refractivity contribution is 7.89. The fourth-order valence-corrected chi connectivity index (χ4v) is 5.27. The summed E-state index contributed by atoms with van der Waals surface area (Å²) in [7, 11) is -2.37. The molecule has 1 N–H and O–H groups in total. The van der Waals surface area contributed by atoms with Crippen molar-refractivity contribution in [3.05, 3.63) is 52.8 Å². The molecule has 1 aliphatic heterocycles. The Morgan fingerprint density at radius 1 is 1.27 bits per heavy atom. The first-order valence-corrected chi connectivity index (χ1v) is 11.4. The first-order chi connectivity index (χ1) is 14.2. The van der Waals surface area contributed by atoms with Gasteiger partial charge in [0.2, 0.25) is 15.9 Å². The Labute approximate surface area is 180 Å². The van der Waals surface area contributed by atoms with Crippen LogP contribution in [-0.2, 0) is 33.1 Å². The van der Waals surface area contributed by atoms with Crippen molar-refractivity contribution in [3.63, 3.8) is 0 Å². The molecule has 1 aliphatic rings. The molecular weight excluding hydrogens is 430 g/mol. The van der Waals surface area contributed by atoms with Crippen LogP contribution in [0.25, 0.3) is 0 Å². The number of carbonyl (C=O) groups excluding carboxylic acids is 2. The van der Waals surface area contributed by atoms with Crippen LogP contribution in [0.3, 0.4) is 0 Å². The topological polar surface area (TPSA) is 97.7 Å². The molecule has 10 heteroatoms. The van der Waals surface area contributed by atoms with Gasteiger partial charge in [0.25, 0.3) is 0 Å². The molecule has 2 aromatic rings. The highest BCUT2D eigenvalue weighted by Crippen LogP contribution is 2.27. The number of aryl methyl sites for hydroxylation is 1. The molecule has 1 saturated heterocycles. The van der Waals surface area contributed by atoms with Crippen LogP contribution in [0.15, 0.2) is 41.4 Å². The van der Waals surface area contributed by atoms with Crippen molar-refractivity contribution >= 4 is 33.5 Å². The van der Waals surface area contributed by atoms with E-state index in [1.54, 1.807) is 38.2 Å². The van der Waals surface area contributed by atoms with E-state index in [4.69, 9.17) is 16.3 Å². The third-order valence-corrected chi connectivity index (χ3v) is 7.08. The molecule has 0 aliphatic carbocycles. The first kappa shape index (κ1) is 22.3. The number of ether oxygens (including phenoxy) is 1. The second kappa shape index (κ2) is 9.20. The molecule has 1 aromatic heterocycles. The van der Waals surface area contributed by atoms with Crippen molar-refractivity contribution in [1.82, 2.24) is 14.2 Å². The smallest absolute Gasteiger partial charge is 0.354 e. The van der Waals surface area contributed by atoms with Crippen molar-refractivity contribution < 1.29 is 22.7 Å². The monoisotopic (exact) mass is 453 g/mol. The molecule has 1 fully saturated rings. The van der Waals surface area contributed by atoms with Crippen molar-refractivity contribution in [2.75, 3.05) is 13.2 Å². The minimum Gasteiger partial charge on any atom is -0.461 e. The summed E-state index contributed by atoms with van der Waals surface area (Å²) < 4.78 is 33.9. The summed E-state index contributed by atoms with van der Waals surface area (Å²) >= 11 is 5.86. The highest BCUT2D eigenvalue weighted by Gasteiger charge is 2.40. The zero-order valence-corrected chi connectivity index (χ0v) is 18.4. The molecule has 0 bridgehead atoms.